The first-order valence-corrected chi connectivity index (χ1v) is 9.33. The summed E-state index contributed by atoms with van der Waals surface area (Å²) in [4.78, 5) is 25.3. The second-order valence-electron chi connectivity index (χ2n) is 7.08. The van der Waals surface area contributed by atoms with Crippen molar-refractivity contribution in [1.29, 1.82) is 0 Å². The Kier molecular flexibility index (Phi) is 5.97. The lowest BCUT2D eigenvalue weighted by molar-refractivity contribution is -0.137. The van der Waals surface area contributed by atoms with E-state index in [1.165, 1.54) is 54.9 Å². The molecule has 9 heteroatoms. The van der Waals surface area contributed by atoms with E-state index in [1.54, 1.807) is 6.92 Å². The van der Waals surface area contributed by atoms with Crippen LogP contribution in [0.2, 0.25) is 0 Å². The van der Waals surface area contributed by atoms with Crippen LogP contribution in [0.1, 0.15) is 45.8 Å². The van der Waals surface area contributed by atoms with Gasteiger partial charge in [-0.25, -0.2) is 9.07 Å². The Morgan fingerprint density at radius 3 is 2.32 bits per heavy atom. The summed E-state index contributed by atoms with van der Waals surface area (Å²) in [5, 5.41) is 6.71. The van der Waals surface area contributed by atoms with Crippen LogP contribution in [0, 0.1) is 19.7 Å². The van der Waals surface area contributed by atoms with Crippen molar-refractivity contribution >= 4 is 11.7 Å². The van der Waals surface area contributed by atoms with Crippen molar-refractivity contribution in [1.82, 2.24) is 15.1 Å². The maximum Gasteiger partial charge on any atom is 0.416 e. The van der Waals surface area contributed by atoms with Gasteiger partial charge in [-0.3, -0.25) is 9.59 Å². The molecule has 1 N–H and O–H groups in total. The highest BCUT2D eigenvalue weighted by Gasteiger charge is 2.31. The fraction of sp³-hybridized carbons (Fsp3) is 0.227. The number of hydrogen-bond donors (Lipinski definition) is 1. The van der Waals surface area contributed by atoms with Gasteiger partial charge in [0.05, 0.1) is 34.2 Å². The van der Waals surface area contributed by atoms with Gasteiger partial charge in [-0.1, -0.05) is 18.2 Å². The molecule has 1 amide bonds. The molecule has 1 aromatic heterocycles. The van der Waals surface area contributed by atoms with E-state index in [0.717, 1.165) is 12.1 Å². The third kappa shape index (κ3) is 4.65. The lowest BCUT2D eigenvalue weighted by Gasteiger charge is -2.14. The molecule has 1 heterocycles. The number of carbonyl (C=O) groups is 2. The zero-order valence-electron chi connectivity index (χ0n) is 16.9. The van der Waals surface area contributed by atoms with Crippen LogP contribution >= 0.6 is 0 Å². The Bertz CT molecular complexity index is 1130. The number of benzene rings is 2. The van der Waals surface area contributed by atoms with Gasteiger partial charge in [-0.05, 0) is 56.7 Å². The van der Waals surface area contributed by atoms with Crippen molar-refractivity contribution in [3.8, 4) is 5.69 Å². The normalized spacial score (nSPS) is 12.5. The fourth-order valence-electron chi connectivity index (χ4n) is 3.25. The van der Waals surface area contributed by atoms with Crippen molar-refractivity contribution in [3.05, 3.63) is 82.4 Å². The molecule has 0 aliphatic rings. The molecule has 0 unspecified atom stereocenters. The summed E-state index contributed by atoms with van der Waals surface area (Å²) < 4.78 is 53.4. The number of amides is 1. The number of hydrogen-bond acceptors (Lipinski definition) is 3. The Labute approximate surface area is 175 Å². The molecule has 0 aliphatic carbocycles. The number of carbonyl (C=O) groups excluding carboxylic acids is 2. The minimum Gasteiger partial charge on any atom is -0.343 e. The van der Waals surface area contributed by atoms with Crippen molar-refractivity contribution in [2.45, 2.75) is 33.0 Å². The van der Waals surface area contributed by atoms with E-state index in [0.29, 0.717) is 5.56 Å². The van der Waals surface area contributed by atoms with E-state index in [9.17, 15) is 27.2 Å². The minimum absolute atomic E-state index is 0.0150. The maximum atomic E-state index is 13.1. The van der Waals surface area contributed by atoms with E-state index in [4.69, 9.17) is 0 Å². The first-order valence-electron chi connectivity index (χ1n) is 9.33. The summed E-state index contributed by atoms with van der Waals surface area (Å²) in [6.07, 6.45) is -4.53. The zero-order valence-corrected chi connectivity index (χ0v) is 16.9. The van der Waals surface area contributed by atoms with Gasteiger partial charge in [0.2, 0.25) is 0 Å². The Morgan fingerprint density at radius 2 is 1.71 bits per heavy atom. The van der Waals surface area contributed by atoms with Crippen LogP contribution in [0.25, 0.3) is 5.69 Å². The molecule has 2 aromatic carbocycles. The molecule has 162 valence electrons. The number of nitrogens with one attached hydrogen (secondary N) is 1. The van der Waals surface area contributed by atoms with Gasteiger partial charge in [0, 0.05) is 0 Å². The SMILES string of the molecule is Cc1nn(-c2cccc(C(F)(F)F)c2)c(C)c1C(=O)C(=O)N[C@H](C)c1ccc(F)cc1. The molecule has 0 spiro atoms. The second-order valence-corrected chi connectivity index (χ2v) is 7.08. The number of rotatable bonds is 5. The molecule has 0 radical (unpaired) electrons. The number of aryl methyl sites for hydroxylation is 1. The lowest BCUT2D eigenvalue weighted by Crippen LogP contribution is -2.33. The van der Waals surface area contributed by atoms with E-state index in [2.05, 4.69) is 10.4 Å². The molecular weight excluding hydrogens is 414 g/mol. The van der Waals surface area contributed by atoms with Crippen molar-refractivity contribution in [3.63, 3.8) is 0 Å². The van der Waals surface area contributed by atoms with Crippen LogP contribution in [0.15, 0.2) is 48.5 Å². The second kappa shape index (κ2) is 8.33. The number of Topliss-reactive ketones (excluding diaryl/α,β-unsaturated/α-hetero) is 1. The average Bonchev–Trinajstić information content (AvgIpc) is 3.01. The molecule has 3 rings (SSSR count). The van der Waals surface area contributed by atoms with Crippen LogP contribution < -0.4 is 5.32 Å². The summed E-state index contributed by atoms with van der Waals surface area (Å²) in [5.74, 6) is -2.18. The van der Waals surface area contributed by atoms with Gasteiger partial charge < -0.3 is 5.32 Å². The number of nitrogens with zero attached hydrogens (tertiary/aromatic N) is 2. The van der Waals surface area contributed by atoms with E-state index in [1.807, 2.05) is 0 Å². The van der Waals surface area contributed by atoms with Crippen LogP contribution in [-0.4, -0.2) is 21.5 Å². The number of alkyl halides is 3. The standard InChI is InChI=1S/C22H19F4N3O2/c1-12(15-7-9-17(23)10-8-15)27-21(31)20(30)19-13(2)28-29(14(19)3)18-6-4-5-16(11-18)22(24,25)26/h4-12H,1-3H3,(H,27,31)/t12-/m1/s1. The summed E-state index contributed by atoms with van der Waals surface area (Å²) in [5.41, 5.74) is 0.346. The van der Waals surface area contributed by atoms with Crippen LogP contribution in [0.5, 0.6) is 0 Å². The van der Waals surface area contributed by atoms with Crippen LogP contribution in [0.3, 0.4) is 0 Å². The van der Waals surface area contributed by atoms with Crippen molar-refractivity contribution < 1.29 is 27.2 Å². The molecule has 0 fully saturated rings. The largest absolute Gasteiger partial charge is 0.416 e. The summed E-state index contributed by atoms with van der Waals surface area (Å²) in [7, 11) is 0. The molecule has 31 heavy (non-hydrogen) atoms. The van der Waals surface area contributed by atoms with E-state index in [-0.39, 0.29) is 22.6 Å². The Morgan fingerprint density at radius 1 is 1.06 bits per heavy atom. The predicted octanol–water partition coefficient (Wildman–Crippen LogP) is 4.71. The molecule has 0 saturated carbocycles. The van der Waals surface area contributed by atoms with Crippen molar-refractivity contribution in [2.75, 3.05) is 0 Å². The number of halogens is 4. The lowest BCUT2D eigenvalue weighted by atomic mass is 10.1. The molecule has 0 saturated heterocycles. The first-order chi connectivity index (χ1) is 14.5. The maximum absolute atomic E-state index is 13.1. The predicted molar refractivity (Wildman–Crippen MR) is 105 cm³/mol. The third-order valence-electron chi connectivity index (χ3n) is 4.86. The molecule has 1 atom stereocenters. The molecule has 0 aliphatic heterocycles. The summed E-state index contributed by atoms with van der Waals surface area (Å²) in [6.45, 7) is 4.65. The Hall–Kier alpha value is -3.49. The highest BCUT2D eigenvalue weighted by molar-refractivity contribution is 6.43. The van der Waals surface area contributed by atoms with Gasteiger partial charge in [0.1, 0.15) is 5.82 Å². The topological polar surface area (TPSA) is 64.0 Å². The number of ketones is 1. The van der Waals surface area contributed by atoms with Crippen LogP contribution in [-0.2, 0) is 11.0 Å². The Balaban J connectivity index is 1.87. The van der Waals surface area contributed by atoms with Gasteiger partial charge in [-0.15, -0.1) is 0 Å². The van der Waals surface area contributed by atoms with Gasteiger partial charge in [0.15, 0.2) is 0 Å². The number of aromatic nitrogens is 2. The summed E-state index contributed by atoms with van der Waals surface area (Å²) in [6, 6.07) is 9.44. The highest BCUT2D eigenvalue weighted by Crippen LogP contribution is 2.31. The molecule has 0 bridgehead atoms. The minimum atomic E-state index is -4.53. The first kappa shape index (κ1) is 22.2. The quantitative estimate of drug-likeness (QED) is 0.360. The monoisotopic (exact) mass is 433 g/mol. The third-order valence-corrected chi connectivity index (χ3v) is 4.86. The van der Waals surface area contributed by atoms with Crippen LogP contribution in [0.4, 0.5) is 17.6 Å². The van der Waals surface area contributed by atoms with E-state index >= 15 is 0 Å². The average molecular weight is 433 g/mol. The van der Waals surface area contributed by atoms with Gasteiger partial charge >= 0.3 is 6.18 Å². The molecular formula is C22H19F4N3O2. The summed E-state index contributed by atoms with van der Waals surface area (Å²) >= 11 is 0. The molecule has 5 nitrogen and oxygen atoms in total. The van der Waals surface area contributed by atoms with Gasteiger partial charge in [-0.2, -0.15) is 18.3 Å². The smallest absolute Gasteiger partial charge is 0.343 e. The van der Waals surface area contributed by atoms with Crippen molar-refractivity contribution in [2.24, 2.45) is 0 Å². The zero-order chi connectivity index (χ0) is 22.9. The fourth-order valence-corrected chi connectivity index (χ4v) is 3.25. The molecule has 3 aromatic rings. The highest BCUT2D eigenvalue weighted by atomic mass is 19.4. The van der Waals surface area contributed by atoms with E-state index < -0.39 is 35.3 Å². The van der Waals surface area contributed by atoms with Gasteiger partial charge in [0.25, 0.3) is 11.7 Å².